The SMILES string of the molecule is CCCCC(C(=O)/C=C/c1ccc(O)c(C)c1)=C(O)/C=C/c1ccc(O)c(C)c1.CCOC(=O)CCC(C(C)=O)C(C)=O.Cc1cc(C=O)ccc1O.O=C=O. The number of ether oxygens (including phenoxy) is 1. The van der Waals surface area contributed by atoms with Crippen LogP contribution < -0.4 is 0 Å². The summed E-state index contributed by atoms with van der Waals surface area (Å²) in [6, 6.07) is 15.0. The number of aryl methyl sites for hydroxylation is 3. The summed E-state index contributed by atoms with van der Waals surface area (Å²) >= 11 is 0. The Morgan fingerprint density at radius 3 is 1.54 bits per heavy atom. The number of phenolic OH excluding ortho intramolecular Hbond substituents is 3. The molecule has 0 unspecified atom stereocenters. The molecule has 4 N–H and O–H groups in total. The van der Waals surface area contributed by atoms with Crippen molar-refractivity contribution in [3.05, 3.63) is 111 Å². The summed E-state index contributed by atoms with van der Waals surface area (Å²) in [5.41, 5.74) is 4.79. The fourth-order valence-electron chi connectivity index (χ4n) is 4.78. The number of hydrogen-bond acceptors (Lipinski definition) is 12. The minimum absolute atomic E-state index is 0.0549. The van der Waals surface area contributed by atoms with E-state index in [1.54, 1.807) is 88.4 Å². The largest absolute Gasteiger partial charge is 0.508 e. The van der Waals surface area contributed by atoms with Crippen molar-refractivity contribution >= 4 is 47.9 Å². The van der Waals surface area contributed by atoms with Gasteiger partial charge in [0.05, 0.1) is 12.5 Å². The average molecular weight is 773 g/mol. The van der Waals surface area contributed by atoms with Crippen molar-refractivity contribution in [3.8, 4) is 17.2 Å². The number of Topliss-reactive ketones (excluding diaryl/α,β-unsaturated/α-hetero) is 2. The zero-order valence-corrected chi connectivity index (χ0v) is 33.0. The third-order valence-electron chi connectivity index (χ3n) is 7.97. The molecule has 0 amide bonds. The molecule has 0 spiro atoms. The number of phenols is 3. The molecule has 0 atom stereocenters. The topological polar surface area (TPSA) is 210 Å². The summed E-state index contributed by atoms with van der Waals surface area (Å²) in [5, 5.41) is 38.8. The molecule has 0 saturated heterocycles. The average Bonchev–Trinajstić information content (AvgIpc) is 3.14. The summed E-state index contributed by atoms with van der Waals surface area (Å²) in [4.78, 5) is 72.1. The zero-order valence-electron chi connectivity index (χ0n) is 33.0. The third-order valence-corrected chi connectivity index (χ3v) is 7.97. The Morgan fingerprint density at radius 1 is 0.714 bits per heavy atom. The number of allylic oxidation sites excluding steroid dienone is 3. The van der Waals surface area contributed by atoms with Crippen LogP contribution in [-0.4, -0.2) is 62.8 Å². The molecule has 0 aliphatic carbocycles. The van der Waals surface area contributed by atoms with Gasteiger partial charge >= 0.3 is 12.1 Å². The Labute approximate surface area is 327 Å². The van der Waals surface area contributed by atoms with Crippen molar-refractivity contribution in [3.63, 3.8) is 0 Å². The van der Waals surface area contributed by atoms with Crippen LogP contribution >= 0.6 is 0 Å². The second-order valence-corrected chi connectivity index (χ2v) is 12.5. The van der Waals surface area contributed by atoms with Crippen LogP contribution in [-0.2, 0) is 33.5 Å². The van der Waals surface area contributed by atoms with E-state index in [2.05, 4.69) is 0 Å². The number of unbranched alkanes of at least 4 members (excludes halogenated alkanes) is 1. The first-order valence-corrected chi connectivity index (χ1v) is 17.8. The highest BCUT2D eigenvalue weighted by Gasteiger charge is 2.20. The monoisotopic (exact) mass is 772 g/mol. The Morgan fingerprint density at radius 2 is 1.14 bits per heavy atom. The molecule has 300 valence electrons. The van der Waals surface area contributed by atoms with Gasteiger partial charge in [0.2, 0.25) is 0 Å². The molecule has 12 nitrogen and oxygen atoms in total. The van der Waals surface area contributed by atoms with E-state index in [0.29, 0.717) is 24.2 Å². The van der Waals surface area contributed by atoms with E-state index in [0.717, 1.165) is 46.9 Å². The number of esters is 1. The summed E-state index contributed by atoms with van der Waals surface area (Å²) in [6.07, 6.45) is 9.94. The Kier molecular flexibility index (Phi) is 24.1. The molecule has 12 heteroatoms. The van der Waals surface area contributed by atoms with Gasteiger partial charge in [-0.1, -0.05) is 37.6 Å². The van der Waals surface area contributed by atoms with Crippen molar-refractivity contribution in [2.45, 2.75) is 80.6 Å². The zero-order chi connectivity index (χ0) is 42.8. The molecule has 3 aromatic carbocycles. The van der Waals surface area contributed by atoms with Crippen LogP contribution in [0.4, 0.5) is 0 Å². The molecule has 0 aliphatic rings. The smallest absolute Gasteiger partial charge is 0.373 e. The minimum Gasteiger partial charge on any atom is -0.508 e. The van der Waals surface area contributed by atoms with E-state index < -0.39 is 5.92 Å². The van der Waals surface area contributed by atoms with Crippen LogP contribution in [0.1, 0.15) is 98.0 Å². The molecule has 0 saturated carbocycles. The standard InChI is InChI=1S/C25H28O4.C10H16O4.C8H8O2.CO2/c1-4-5-6-21(24(28)13-9-19-7-11-22(26)17(2)15-19)25(29)14-10-20-8-12-23(27)18(3)16-20;1-4-14-10(13)6-5-9(7(2)11)8(3)12;1-6-4-7(5-9)2-3-8(6)10;2-1-3/h7-16,26-28H,4-6H2,1-3H3;9H,4-6H2,1-3H3;2-5,10H,1H3;/b13-9+,14-10+,24-21?;;;. The number of aldehydes is 1. The molecular weight excluding hydrogens is 720 g/mol. The number of aliphatic hydroxyl groups is 1. The van der Waals surface area contributed by atoms with Gasteiger partial charge in [-0.3, -0.25) is 24.0 Å². The normalized spacial score (nSPS) is 10.8. The number of ketones is 3. The van der Waals surface area contributed by atoms with E-state index >= 15 is 0 Å². The van der Waals surface area contributed by atoms with Gasteiger partial charge < -0.3 is 25.2 Å². The highest BCUT2D eigenvalue weighted by atomic mass is 16.5. The lowest BCUT2D eigenvalue weighted by atomic mass is 9.95. The van der Waals surface area contributed by atoms with Gasteiger partial charge in [-0.2, -0.15) is 9.59 Å². The molecule has 0 fully saturated rings. The van der Waals surface area contributed by atoms with Crippen LogP contribution in [0.5, 0.6) is 17.2 Å². The quantitative estimate of drug-likeness (QED) is 0.0289. The van der Waals surface area contributed by atoms with Gasteiger partial charge in [0.15, 0.2) is 5.78 Å². The van der Waals surface area contributed by atoms with Crippen molar-refractivity contribution in [1.29, 1.82) is 0 Å². The summed E-state index contributed by atoms with van der Waals surface area (Å²) in [7, 11) is 0. The van der Waals surface area contributed by atoms with Crippen molar-refractivity contribution in [1.82, 2.24) is 0 Å². The second-order valence-electron chi connectivity index (χ2n) is 12.5. The molecule has 0 radical (unpaired) electrons. The molecule has 3 aromatic rings. The van der Waals surface area contributed by atoms with Crippen LogP contribution in [0.3, 0.4) is 0 Å². The maximum Gasteiger partial charge on any atom is 0.373 e. The van der Waals surface area contributed by atoms with Crippen LogP contribution in [0.15, 0.2) is 78.1 Å². The number of aromatic hydroxyl groups is 3. The van der Waals surface area contributed by atoms with Crippen LogP contribution in [0, 0.1) is 26.7 Å². The Hall–Kier alpha value is -6.39. The van der Waals surface area contributed by atoms with E-state index in [4.69, 9.17) is 19.4 Å². The van der Waals surface area contributed by atoms with Gasteiger partial charge in [0.25, 0.3) is 0 Å². The third kappa shape index (κ3) is 19.6. The predicted octanol–water partition coefficient (Wildman–Crippen LogP) is 8.07. The number of aliphatic hydroxyl groups excluding tert-OH is 1. The summed E-state index contributed by atoms with van der Waals surface area (Å²) in [6.45, 7) is 12.1. The first kappa shape index (κ1) is 49.6. The van der Waals surface area contributed by atoms with Crippen molar-refractivity contribution in [2.24, 2.45) is 5.92 Å². The second kappa shape index (κ2) is 27.2. The van der Waals surface area contributed by atoms with Gasteiger partial charge in [-0.05, 0) is 143 Å². The lowest BCUT2D eigenvalue weighted by molar-refractivity contribution is -0.191. The maximum absolute atomic E-state index is 12.7. The maximum atomic E-state index is 12.7. The van der Waals surface area contributed by atoms with Gasteiger partial charge in [0.1, 0.15) is 40.9 Å². The van der Waals surface area contributed by atoms with Gasteiger partial charge in [0, 0.05) is 17.6 Å². The van der Waals surface area contributed by atoms with E-state index in [-0.39, 0.29) is 65.3 Å². The summed E-state index contributed by atoms with van der Waals surface area (Å²) in [5.74, 6) is -1.04. The van der Waals surface area contributed by atoms with Gasteiger partial charge in [-0.25, -0.2) is 0 Å². The molecule has 0 heterocycles. The summed E-state index contributed by atoms with van der Waals surface area (Å²) < 4.78 is 4.69. The molecular formula is C44H52O12. The molecule has 0 aromatic heterocycles. The number of benzene rings is 3. The predicted molar refractivity (Wildman–Crippen MR) is 212 cm³/mol. The first-order chi connectivity index (χ1) is 26.4. The van der Waals surface area contributed by atoms with E-state index in [1.165, 1.54) is 32.1 Å². The van der Waals surface area contributed by atoms with Gasteiger partial charge in [-0.15, -0.1) is 0 Å². The molecule has 0 bridgehead atoms. The van der Waals surface area contributed by atoms with Crippen molar-refractivity contribution < 1.29 is 58.7 Å². The Balaban J connectivity index is 0.000000922. The minimum atomic E-state index is -0.653. The number of carbonyl (C=O) groups is 5. The fraction of sp³-hybridized carbons (Fsp3) is 0.318. The highest BCUT2D eigenvalue weighted by molar-refractivity contribution is 6.07. The number of carbonyl (C=O) groups excluding carboxylic acids is 7. The van der Waals surface area contributed by atoms with E-state index in [1.807, 2.05) is 6.92 Å². The van der Waals surface area contributed by atoms with Crippen LogP contribution in [0.2, 0.25) is 0 Å². The van der Waals surface area contributed by atoms with Crippen molar-refractivity contribution in [2.75, 3.05) is 6.61 Å². The fourth-order valence-corrected chi connectivity index (χ4v) is 4.78. The highest BCUT2D eigenvalue weighted by Crippen LogP contribution is 2.21. The van der Waals surface area contributed by atoms with Crippen LogP contribution in [0.25, 0.3) is 12.2 Å². The van der Waals surface area contributed by atoms with E-state index in [9.17, 15) is 39.3 Å². The molecule has 0 aliphatic heterocycles. The number of rotatable bonds is 15. The first-order valence-electron chi connectivity index (χ1n) is 17.8. The molecule has 56 heavy (non-hydrogen) atoms. The molecule has 3 rings (SSSR count). The lowest BCUT2D eigenvalue weighted by Gasteiger charge is -2.08. The Bertz CT molecular complexity index is 1900. The number of hydrogen-bond donors (Lipinski definition) is 4. The lowest BCUT2D eigenvalue weighted by Crippen LogP contribution is -2.20.